The van der Waals surface area contributed by atoms with E-state index in [9.17, 15) is 4.79 Å². The molecule has 1 saturated heterocycles. The molecule has 1 fully saturated rings. The predicted octanol–water partition coefficient (Wildman–Crippen LogP) is 4.51. The lowest BCUT2D eigenvalue weighted by Gasteiger charge is -2.35. The molecule has 0 unspecified atom stereocenters. The first-order valence-electron chi connectivity index (χ1n) is 10.4. The van der Waals surface area contributed by atoms with E-state index in [-0.39, 0.29) is 11.8 Å². The number of hydrogen-bond acceptors (Lipinski definition) is 4. The number of aryl methyl sites for hydroxylation is 1. The van der Waals surface area contributed by atoms with E-state index in [1.54, 1.807) is 6.92 Å². The van der Waals surface area contributed by atoms with Crippen LogP contribution < -0.4 is 5.32 Å². The minimum atomic E-state index is -0.122. The average molecular weight is 384 g/mol. The van der Waals surface area contributed by atoms with Crippen LogP contribution in [0.2, 0.25) is 0 Å². The Balaban J connectivity index is 1.56. The first-order valence-corrected chi connectivity index (χ1v) is 10.4. The first-order chi connectivity index (χ1) is 13.3. The molecule has 3 rings (SSSR count). The van der Waals surface area contributed by atoms with Crippen LogP contribution in [0.3, 0.4) is 0 Å². The van der Waals surface area contributed by atoms with Gasteiger partial charge < -0.3 is 9.84 Å². The number of amides is 1. The van der Waals surface area contributed by atoms with Gasteiger partial charge in [0.15, 0.2) is 5.76 Å². The maximum Gasteiger partial charge on any atom is 0.257 e. The van der Waals surface area contributed by atoms with Crippen molar-refractivity contribution in [2.75, 3.05) is 13.1 Å². The molecule has 1 aromatic heterocycles. The van der Waals surface area contributed by atoms with E-state index >= 15 is 0 Å². The molecular weight excluding hydrogens is 350 g/mol. The summed E-state index contributed by atoms with van der Waals surface area (Å²) in [6.07, 6.45) is 1.33. The summed E-state index contributed by atoms with van der Waals surface area (Å²) in [5.41, 5.74) is 3.63. The highest BCUT2D eigenvalue weighted by Gasteiger charge is 2.23. The number of carbonyl (C=O) groups is 1. The quantitative estimate of drug-likeness (QED) is 0.797. The van der Waals surface area contributed by atoms with Crippen molar-refractivity contribution in [3.05, 3.63) is 52.4 Å². The summed E-state index contributed by atoms with van der Waals surface area (Å²) in [4.78, 5) is 15.2. The van der Waals surface area contributed by atoms with Crippen molar-refractivity contribution >= 4 is 5.91 Å². The monoisotopic (exact) mass is 383 g/mol. The third-order valence-corrected chi connectivity index (χ3v) is 5.47. The van der Waals surface area contributed by atoms with Crippen LogP contribution in [-0.2, 0) is 13.1 Å². The van der Waals surface area contributed by atoms with E-state index in [0.29, 0.717) is 23.6 Å². The number of benzene rings is 1. The molecule has 152 valence electrons. The molecule has 5 nitrogen and oxygen atoms in total. The van der Waals surface area contributed by atoms with Crippen LogP contribution in [-0.4, -0.2) is 29.1 Å². The Morgan fingerprint density at radius 1 is 1.18 bits per heavy atom. The summed E-state index contributed by atoms with van der Waals surface area (Å²) in [6.45, 7) is 14.3. The molecule has 1 aliphatic rings. The summed E-state index contributed by atoms with van der Waals surface area (Å²) < 4.78 is 5.32. The second-order valence-electron chi connectivity index (χ2n) is 8.80. The van der Waals surface area contributed by atoms with Crippen LogP contribution >= 0.6 is 0 Å². The maximum absolute atomic E-state index is 12.6. The number of rotatable bonds is 6. The molecule has 1 N–H and O–H groups in total. The molecule has 5 heteroatoms. The highest BCUT2D eigenvalue weighted by atomic mass is 16.5. The van der Waals surface area contributed by atoms with E-state index in [0.717, 1.165) is 23.9 Å². The molecule has 1 aromatic carbocycles. The molecule has 2 atom stereocenters. The Kier molecular flexibility index (Phi) is 6.55. The largest absolute Gasteiger partial charge is 0.360 e. The SMILES string of the molecule is Cc1noc(C(C)C)c1C(=O)NCc1ccc(CN2C[C@@H](C)C[C@H](C)C2)cc1. The number of aromatic nitrogens is 1. The van der Waals surface area contributed by atoms with Crippen LogP contribution in [0.1, 0.15) is 73.0 Å². The van der Waals surface area contributed by atoms with Gasteiger partial charge in [-0.15, -0.1) is 0 Å². The highest BCUT2D eigenvalue weighted by Crippen LogP contribution is 2.23. The van der Waals surface area contributed by atoms with Crippen molar-refractivity contribution < 1.29 is 9.32 Å². The third kappa shape index (κ3) is 5.02. The molecule has 1 aliphatic heterocycles. The van der Waals surface area contributed by atoms with Gasteiger partial charge in [-0.1, -0.05) is 57.1 Å². The van der Waals surface area contributed by atoms with Crippen LogP contribution in [0.4, 0.5) is 0 Å². The normalized spacial score (nSPS) is 20.5. The van der Waals surface area contributed by atoms with Crippen LogP contribution in [0, 0.1) is 18.8 Å². The van der Waals surface area contributed by atoms with Gasteiger partial charge in [-0.3, -0.25) is 9.69 Å². The lowest BCUT2D eigenvalue weighted by Crippen LogP contribution is -2.38. The minimum absolute atomic E-state index is 0.122. The van der Waals surface area contributed by atoms with E-state index in [4.69, 9.17) is 4.52 Å². The Morgan fingerprint density at radius 2 is 1.79 bits per heavy atom. The summed E-state index contributed by atoms with van der Waals surface area (Å²) in [5.74, 6) is 2.20. The Hall–Kier alpha value is -2.14. The van der Waals surface area contributed by atoms with E-state index in [1.165, 1.54) is 25.1 Å². The maximum atomic E-state index is 12.6. The number of nitrogens with one attached hydrogen (secondary N) is 1. The zero-order chi connectivity index (χ0) is 20.3. The van der Waals surface area contributed by atoms with E-state index in [2.05, 4.69) is 53.5 Å². The van der Waals surface area contributed by atoms with Gasteiger partial charge in [0, 0.05) is 32.1 Å². The van der Waals surface area contributed by atoms with Gasteiger partial charge in [0.05, 0.1) is 5.69 Å². The second kappa shape index (κ2) is 8.91. The Bertz CT molecular complexity index is 785. The summed E-state index contributed by atoms with van der Waals surface area (Å²) >= 11 is 0. The zero-order valence-corrected chi connectivity index (χ0v) is 17.8. The molecule has 0 spiro atoms. The molecule has 1 amide bonds. The van der Waals surface area contributed by atoms with Gasteiger partial charge in [0.25, 0.3) is 5.91 Å². The fraction of sp³-hybridized carbons (Fsp3) is 0.565. The average Bonchev–Trinajstić information content (AvgIpc) is 3.02. The molecule has 0 aliphatic carbocycles. The van der Waals surface area contributed by atoms with Gasteiger partial charge in [0.2, 0.25) is 0 Å². The molecular formula is C23H33N3O2. The molecule has 2 aromatic rings. The smallest absolute Gasteiger partial charge is 0.257 e. The predicted molar refractivity (Wildman–Crippen MR) is 111 cm³/mol. The zero-order valence-electron chi connectivity index (χ0n) is 17.8. The van der Waals surface area contributed by atoms with Gasteiger partial charge >= 0.3 is 0 Å². The third-order valence-electron chi connectivity index (χ3n) is 5.47. The topological polar surface area (TPSA) is 58.4 Å². The minimum Gasteiger partial charge on any atom is -0.360 e. The van der Waals surface area contributed by atoms with Gasteiger partial charge in [-0.25, -0.2) is 0 Å². The molecule has 0 radical (unpaired) electrons. The van der Waals surface area contributed by atoms with Crippen molar-refractivity contribution in [3.63, 3.8) is 0 Å². The Labute approximate surface area is 168 Å². The number of carbonyl (C=O) groups excluding carboxylic acids is 1. The second-order valence-corrected chi connectivity index (χ2v) is 8.80. The van der Waals surface area contributed by atoms with Gasteiger partial charge in [-0.2, -0.15) is 0 Å². The van der Waals surface area contributed by atoms with Crippen molar-refractivity contribution in [2.45, 2.75) is 60.0 Å². The summed E-state index contributed by atoms with van der Waals surface area (Å²) in [6, 6.07) is 8.57. The molecule has 2 heterocycles. The fourth-order valence-electron chi connectivity index (χ4n) is 4.27. The lowest BCUT2D eigenvalue weighted by molar-refractivity contribution is 0.0948. The molecule has 0 saturated carbocycles. The number of piperidine rings is 1. The highest BCUT2D eigenvalue weighted by molar-refractivity contribution is 5.96. The number of likely N-dealkylation sites (tertiary alicyclic amines) is 1. The first kappa shape index (κ1) is 20.6. The van der Waals surface area contributed by atoms with Gasteiger partial charge in [-0.05, 0) is 36.3 Å². The van der Waals surface area contributed by atoms with E-state index in [1.807, 2.05) is 13.8 Å². The lowest BCUT2D eigenvalue weighted by atomic mass is 9.91. The summed E-state index contributed by atoms with van der Waals surface area (Å²) in [5, 5.41) is 6.95. The molecule has 0 bridgehead atoms. The van der Waals surface area contributed by atoms with E-state index < -0.39 is 0 Å². The van der Waals surface area contributed by atoms with Crippen molar-refractivity contribution in [1.29, 1.82) is 0 Å². The molecule has 28 heavy (non-hydrogen) atoms. The number of hydrogen-bond donors (Lipinski definition) is 1. The van der Waals surface area contributed by atoms with Crippen molar-refractivity contribution in [3.8, 4) is 0 Å². The van der Waals surface area contributed by atoms with Crippen LogP contribution in [0.25, 0.3) is 0 Å². The fourth-order valence-corrected chi connectivity index (χ4v) is 4.27. The standard InChI is InChI=1S/C23H33N3O2/c1-15(2)22-21(18(5)25-28-22)23(27)24-11-19-6-8-20(9-7-19)14-26-12-16(3)10-17(4)13-26/h6-9,15-17H,10-14H2,1-5H3,(H,24,27)/t16-,17-/m0/s1. The Morgan fingerprint density at radius 3 is 2.39 bits per heavy atom. The van der Waals surface area contributed by atoms with Crippen molar-refractivity contribution in [1.82, 2.24) is 15.4 Å². The van der Waals surface area contributed by atoms with Crippen LogP contribution in [0.5, 0.6) is 0 Å². The van der Waals surface area contributed by atoms with Crippen molar-refractivity contribution in [2.24, 2.45) is 11.8 Å². The van der Waals surface area contributed by atoms with Gasteiger partial charge in [0.1, 0.15) is 5.56 Å². The number of nitrogens with zero attached hydrogens (tertiary/aromatic N) is 2. The van der Waals surface area contributed by atoms with Crippen LogP contribution in [0.15, 0.2) is 28.8 Å². The summed E-state index contributed by atoms with van der Waals surface area (Å²) in [7, 11) is 0.